The Morgan fingerprint density at radius 1 is 1.25 bits per heavy atom. The maximum absolute atomic E-state index is 11.9. The number of hydrogen-bond acceptors (Lipinski definition) is 4. The zero-order valence-corrected chi connectivity index (χ0v) is 11.4. The topological polar surface area (TPSA) is 98.7 Å². The Bertz CT molecular complexity index is 393. The molecular formula is C13H21N3O4. The standard InChI is InChI=1S/C13H21N3O4/c17-11(10-4-1-5-14-10)15-7-9-3-2-6-16(8-9)12(18)13(19)20/h9-10,14H,1-8H2,(H,15,17)(H,19,20)/t9-,10-/m1/s1. The van der Waals surface area contributed by atoms with Gasteiger partial charge >= 0.3 is 11.9 Å². The summed E-state index contributed by atoms with van der Waals surface area (Å²) in [5.41, 5.74) is 0. The molecule has 3 N–H and O–H groups in total. The number of carboxylic acid groups (broad SMARTS) is 1. The van der Waals surface area contributed by atoms with Gasteiger partial charge in [-0.3, -0.25) is 9.59 Å². The van der Waals surface area contributed by atoms with Gasteiger partial charge in [0.2, 0.25) is 5.91 Å². The average Bonchev–Trinajstić information content (AvgIpc) is 2.98. The Labute approximate surface area is 117 Å². The van der Waals surface area contributed by atoms with Crippen LogP contribution in [-0.4, -0.2) is 60.0 Å². The van der Waals surface area contributed by atoms with Crippen LogP contribution in [0.1, 0.15) is 25.7 Å². The lowest BCUT2D eigenvalue weighted by Gasteiger charge is -2.31. The quantitative estimate of drug-likeness (QED) is 0.588. The second-order valence-corrected chi connectivity index (χ2v) is 5.46. The lowest BCUT2D eigenvalue weighted by atomic mass is 9.97. The van der Waals surface area contributed by atoms with Crippen molar-refractivity contribution < 1.29 is 19.5 Å². The molecule has 0 aromatic rings. The summed E-state index contributed by atoms with van der Waals surface area (Å²) in [7, 11) is 0. The fourth-order valence-corrected chi connectivity index (χ4v) is 2.83. The predicted molar refractivity (Wildman–Crippen MR) is 71.0 cm³/mol. The van der Waals surface area contributed by atoms with Crippen LogP contribution in [0.5, 0.6) is 0 Å². The minimum Gasteiger partial charge on any atom is -0.474 e. The van der Waals surface area contributed by atoms with Crippen LogP contribution < -0.4 is 10.6 Å². The van der Waals surface area contributed by atoms with Crippen LogP contribution in [0.15, 0.2) is 0 Å². The van der Waals surface area contributed by atoms with E-state index in [4.69, 9.17) is 5.11 Å². The third-order valence-corrected chi connectivity index (χ3v) is 3.93. The predicted octanol–water partition coefficient (Wildman–Crippen LogP) is -0.822. The van der Waals surface area contributed by atoms with E-state index in [0.29, 0.717) is 19.6 Å². The minimum atomic E-state index is -1.41. The molecule has 2 aliphatic rings. The molecule has 0 bridgehead atoms. The van der Waals surface area contributed by atoms with Gasteiger partial charge in [-0.25, -0.2) is 4.79 Å². The molecule has 0 aromatic heterocycles. The van der Waals surface area contributed by atoms with Gasteiger partial charge in [0.15, 0.2) is 0 Å². The molecule has 112 valence electrons. The summed E-state index contributed by atoms with van der Waals surface area (Å²) in [6, 6.07) is -0.102. The maximum Gasteiger partial charge on any atom is 0.394 e. The molecular weight excluding hydrogens is 262 g/mol. The Hall–Kier alpha value is -1.63. The fourth-order valence-electron chi connectivity index (χ4n) is 2.83. The van der Waals surface area contributed by atoms with Gasteiger partial charge in [0.05, 0.1) is 6.04 Å². The zero-order chi connectivity index (χ0) is 14.5. The Morgan fingerprint density at radius 2 is 2.05 bits per heavy atom. The van der Waals surface area contributed by atoms with Crippen LogP contribution >= 0.6 is 0 Å². The van der Waals surface area contributed by atoms with Crippen LogP contribution in [0.25, 0.3) is 0 Å². The largest absolute Gasteiger partial charge is 0.474 e. The number of hydrogen-bond donors (Lipinski definition) is 3. The van der Waals surface area contributed by atoms with Crippen LogP contribution in [0.3, 0.4) is 0 Å². The molecule has 2 heterocycles. The lowest BCUT2D eigenvalue weighted by molar-refractivity contribution is -0.156. The molecule has 2 amide bonds. The van der Waals surface area contributed by atoms with Gasteiger partial charge < -0.3 is 20.6 Å². The highest BCUT2D eigenvalue weighted by atomic mass is 16.4. The number of piperidine rings is 1. The van der Waals surface area contributed by atoms with Crippen molar-refractivity contribution >= 4 is 17.8 Å². The van der Waals surface area contributed by atoms with Crippen LogP contribution in [0, 0.1) is 5.92 Å². The average molecular weight is 283 g/mol. The highest BCUT2D eigenvalue weighted by Crippen LogP contribution is 2.16. The monoisotopic (exact) mass is 283 g/mol. The molecule has 0 radical (unpaired) electrons. The zero-order valence-electron chi connectivity index (χ0n) is 11.4. The number of carboxylic acids is 1. The van der Waals surface area contributed by atoms with E-state index in [-0.39, 0.29) is 17.9 Å². The molecule has 0 aromatic carbocycles. The molecule has 2 rings (SSSR count). The number of carbonyl (C=O) groups excluding carboxylic acids is 2. The number of amides is 2. The van der Waals surface area contributed by atoms with E-state index in [0.717, 1.165) is 32.2 Å². The first kappa shape index (κ1) is 14.8. The molecule has 2 saturated heterocycles. The molecule has 0 unspecified atom stereocenters. The van der Waals surface area contributed by atoms with Gasteiger partial charge in [-0.15, -0.1) is 0 Å². The summed E-state index contributed by atoms with van der Waals surface area (Å²) in [6.07, 6.45) is 3.56. The molecule has 0 saturated carbocycles. The highest BCUT2D eigenvalue weighted by molar-refractivity contribution is 6.31. The van der Waals surface area contributed by atoms with Crippen molar-refractivity contribution in [1.82, 2.24) is 15.5 Å². The number of nitrogens with zero attached hydrogens (tertiary/aromatic N) is 1. The first-order chi connectivity index (χ1) is 9.58. The second kappa shape index (κ2) is 6.69. The molecule has 2 fully saturated rings. The van der Waals surface area contributed by atoms with Crippen molar-refractivity contribution in [3.8, 4) is 0 Å². The summed E-state index contributed by atoms with van der Waals surface area (Å²) in [4.78, 5) is 35.3. The second-order valence-electron chi connectivity index (χ2n) is 5.46. The van der Waals surface area contributed by atoms with E-state index in [1.165, 1.54) is 4.90 Å². The number of carbonyl (C=O) groups is 3. The summed E-state index contributed by atoms with van der Waals surface area (Å²) in [5, 5.41) is 14.7. The van der Waals surface area contributed by atoms with Gasteiger partial charge in [-0.2, -0.15) is 0 Å². The van der Waals surface area contributed by atoms with Crippen molar-refractivity contribution in [3.63, 3.8) is 0 Å². The van der Waals surface area contributed by atoms with E-state index in [9.17, 15) is 14.4 Å². The smallest absolute Gasteiger partial charge is 0.394 e. The summed E-state index contributed by atoms with van der Waals surface area (Å²) in [5.74, 6) is -2.12. The minimum absolute atomic E-state index is 0.00387. The van der Waals surface area contributed by atoms with E-state index < -0.39 is 11.9 Å². The van der Waals surface area contributed by atoms with Gasteiger partial charge in [0, 0.05) is 19.6 Å². The number of nitrogens with one attached hydrogen (secondary N) is 2. The summed E-state index contributed by atoms with van der Waals surface area (Å²) >= 11 is 0. The van der Waals surface area contributed by atoms with Crippen molar-refractivity contribution in [2.24, 2.45) is 5.92 Å². The fraction of sp³-hybridized carbons (Fsp3) is 0.769. The lowest BCUT2D eigenvalue weighted by Crippen LogP contribution is -2.48. The molecule has 7 heteroatoms. The van der Waals surface area contributed by atoms with E-state index in [1.807, 2.05) is 0 Å². The third-order valence-electron chi connectivity index (χ3n) is 3.93. The number of likely N-dealkylation sites (tertiary alicyclic amines) is 1. The summed E-state index contributed by atoms with van der Waals surface area (Å²) < 4.78 is 0. The van der Waals surface area contributed by atoms with Gasteiger partial charge in [0.1, 0.15) is 0 Å². The normalized spacial score (nSPS) is 26.3. The van der Waals surface area contributed by atoms with Crippen LogP contribution in [0.2, 0.25) is 0 Å². The maximum atomic E-state index is 11.9. The Balaban J connectivity index is 1.76. The first-order valence-electron chi connectivity index (χ1n) is 7.11. The number of rotatable bonds is 3. The molecule has 0 aliphatic carbocycles. The van der Waals surface area contributed by atoms with Gasteiger partial charge in [-0.1, -0.05) is 0 Å². The molecule has 2 atom stereocenters. The van der Waals surface area contributed by atoms with Crippen LogP contribution in [-0.2, 0) is 14.4 Å². The Kier molecular flexibility index (Phi) is 4.94. The van der Waals surface area contributed by atoms with Crippen molar-refractivity contribution in [1.29, 1.82) is 0 Å². The van der Waals surface area contributed by atoms with Crippen molar-refractivity contribution in [2.45, 2.75) is 31.7 Å². The van der Waals surface area contributed by atoms with E-state index >= 15 is 0 Å². The SMILES string of the molecule is O=C(O)C(=O)N1CCC[C@H](CNC(=O)[C@H]2CCCN2)C1. The summed E-state index contributed by atoms with van der Waals surface area (Å²) in [6.45, 7) is 2.27. The first-order valence-corrected chi connectivity index (χ1v) is 7.11. The van der Waals surface area contributed by atoms with Gasteiger partial charge in [-0.05, 0) is 38.1 Å². The van der Waals surface area contributed by atoms with Gasteiger partial charge in [0.25, 0.3) is 0 Å². The molecule has 0 spiro atoms. The third kappa shape index (κ3) is 3.69. The molecule has 7 nitrogen and oxygen atoms in total. The van der Waals surface area contributed by atoms with E-state index in [2.05, 4.69) is 10.6 Å². The number of aliphatic carboxylic acids is 1. The van der Waals surface area contributed by atoms with Crippen molar-refractivity contribution in [3.05, 3.63) is 0 Å². The van der Waals surface area contributed by atoms with Crippen molar-refractivity contribution in [2.75, 3.05) is 26.2 Å². The molecule has 20 heavy (non-hydrogen) atoms. The Morgan fingerprint density at radius 3 is 2.70 bits per heavy atom. The van der Waals surface area contributed by atoms with E-state index in [1.54, 1.807) is 0 Å². The van der Waals surface area contributed by atoms with Crippen LogP contribution in [0.4, 0.5) is 0 Å². The highest BCUT2D eigenvalue weighted by Gasteiger charge is 2.28. The molecule has 2 aliphatic heterocycles.